The summed E-state index contributed by atoms with van der Waals surface area (Å²) in [6.07, 6.45) is 2.81. The number of methoxy groups -OCH3 is 1. The molecule has 0 fully saturated rings. The zero-order valence-electron chi connectivity index (χ0n) is 18.3. The van der Waals surface area contributed by atoms with Gasteiger partial charge in [0, 0.05) is 30.6 Å². The number of primary amides is 1. The predicted octanol–water partition coefficient (Wildman–Crippen LogP) is 3.52. The Hall–Kier alpha value is -2.93. The monoisotopic (exact) mass is 409 g/mol. The lowest BCUT2D eigenvalue weighted by molar-refractivity contribution is -0.118. The number of hydrogen-bond acceptors (Lipinski definition) is 5. The van der Waals surface area contributed by atoms with Crippen molar-refractivity contribution in [2.75, 3.05) is 20.2 Å². The molecule has 0 radical (unpaired) electrons. The first-order valence-electron chi connectivity index (χ1n) is 10.5. The fourth-order valence-electron chi connectivity index (χ4n) is 3.77. The van der Waals surface area contributed by atoms with Gasteiger partial charge < -0.3 is 10.5 Å². The lowest BCUT2D eigenvalue weighted by atomic mass is 10.0. The van der Waals surface area contributed by atoms with Gasteiger partial charge in [-0.2, -0.15) is 5.10 Å². The van der Waals surface area contributed by atoms with E-state index >= 15 is 0 Å². The molecular formula is C23H31N5O2. The van der Waals surface area contributed by atoms with Crippen LogP contribution in [0.2, 0.25) is 0 Å². The second-order valence-electron chi connectivity index (χ2n) is 7.48. The van der Waals surface area contributed by atoms with Crippen LogP contribution >= 0.6 is 0 Å². The number of benzene rings is 1. The van der Waals surface area contributed by atoms with Gasteiger partial charge in [-0.3, -0.25) is 14.4 Å². The Bertz CT molecular complexity index is 1020. The number of aromatic nitrogens is 3. The minimum atomic E-state index is -0.288. The molecule has 0 unspecified atom stereocenters. The van der Waals surface area contributed by atoms with Crippen molar-refractivity contribution in [3.63, 3.8) is 0 Å². The van der Waals surface area contributed by atoms with Crippen molar-refractivity contribution >= 4 is 16.9 Å². The number of nitrogens with zero attached hydrogens (tertiary/aromatic N) is 4. The van der Waals surface area contributed by atoms with Crippen molar-refractivity contribution < 1.29 is 9.53 Å². The van der Waals surface area contributed by atoms with E-state index in [-0.39, 0.29) is 5.91 Å². The largest absolute Gasteiger partial charge is 0.496 e. The molecule has 0 spiro atoms. The van der Waals surface area contributed by atoms with Crippen LogP contribution in [-0.4, -0.2) is 45.8 Å². The van der Waals surface area contributed by atoms with E-state index in [4.69, 9.17) is 15.5 Å². The predicted molar refractivity (Wildman–Crippen MR) is 119 cm³/mol. The number of hydrogen-bond donors (Lipinski definition) is 1. The molecule has 2 heterocycles. The zero-order chi connectivity index (χ0) is 21.7. The van der Waals surface area contributed by atoms with E-state index in [9.17, 15) is 4.79 Å². The molecule has 7 nitrogen and oxygen atoms in total. The number of nitrogens with two attached hydrogens (primary N) is 1. The third kappa shape index (κ3) is 4.79. The van der Waals surface area contributed by atoms with Crippen LogP contribution in [0.25, 0.3) is 22.3 Å². The van der Waals surface area contributed by atoms with Gasteiger partial charge in [-0.05, 0) is 56.3 Å². The minimum absolute atomic E-state index is 0.288. The van der Waals surface area contributed by atoms with Gasteiger partial charge in [0.1, 0.15) is 11.3 Å². The number of amides is 1. The molecule has 0 saturated carbocycles. The van der Waals surface area contributed by atoms with Gasteiger partial charge in [0.25, 0.3) is 0 Å². The Morgan fingerprint density at radius 2 is 2.00 bits per heavy atom. The average Bonchev–Trinajstić information content (AvgIpc) is 3.15. The van der Waals surface area contributed by atoms with E-state index in [1.165, 1.54) is 0 Å². The zero-order valence-corrected chi connectivity index (χ0v) is 18.3. The summed E-state index contributed by atoms with van der Waals surface area (Å²) in [5.41, 5.74) is 11.3. The minimum Gasteiger partial charge on any atom is -0.496 e. The molecule has 0 aliphatic carbocycles. The first kappa shape index (κ1) is 21.8. The van der Waals surface area contributed by atoms with Crippen LogP contribution in [0.4, 0.5) is 0 Å². The van der Waals surface area contributed by atoms with Crippen LogP contribution in [0, 0.1) is 6.92 Å². The number of rotatable bonds is 10. The Kier molecular flexibility index (Phi) is 7.05. The highest BCUT2D eigenvalue weighted by Crippen LogP contribution is 2.29. The molecule has 0 aliphatic heterocycles. The molecule has 1 amide bonds. The maximum atomic E-state index is 11.0. The smallest absolute Gasteiger partial charge is 0.217 e. The fraction of sp³-hybridized carbons (Fsp3) is 0.435. The maximum Gasteiger partial charge on any atom is 0.217 e. The average molecular weight is 410 g/mol. The van der Waals surface area contributed by atoms with Gasteiger partial charge in [0.05, 0.1) is 24.5 Å². The molecule has 7 heteroatoms. The van der Waals surface area contributed by atoms with Crippen molar-refractivity contribution in [3.05, 3.63) is 41.6 Å². The standard InChI is InChI=1S/C23H31N5O2/c1-5-27(6-2)15-18-13-17(9-10-21(18)30-4)19-12-16(3)23-20(26-19)14-25-28(23)11-7-8-22(24)29/h9-10,12-14H,5-8,11,15H2,1-4H3,(H2,24,29). The highest BCUT2D eigenvalue weighted by molar-refractivity contribution is 5.82. The van der Waals surface area contributed by atoms with Crippen molar-refractivity contribution in [2.45, 2.75) is 46.7 Å². The number of pyridine rings is 1. The van der Waals surface area contributed by atoms with Crippen LogP contribution in [0.1, 0.15) is 37.8 Å². The first-order valence-corrected chi connectivity index (χ1v) is 10.5. The summed E-state index contributed by atoms with van der Waals surface area (Å²) in [6.45, 7) is 9.86. The summed E-state index contributed by atoms with van der Waals surface area (Å²) in [4.78, 5) is 18.2. The number of carbonyl (C=O) groups excluding carboxylic acids is 1. The summed E-state index contributed by atoms with van der Waals surface area (Å²) in [6, 6.07) is 8.33. The highest BCUT2D eigenvalue weighted by atomic mass is 16.5. The second kappa shape index (κ2) is 9.71. The lowest BCUT2D eigenvalue weighted by Crippen LogP contribution is -2.22. The lowest BCUT2D eigenvalue weighted by Gasteiger charge is -2.20. The molecule has 2 N–H and O–H groups in total. The summed E-state index contributed by atoms with van der Waals surface area (Å²) in [5, 5.41) is 4.47. The van der Waals surface area contributed by atoms with E-state index in [0.717, 1.165) is 58.8 Å². The van der Waals surface area contributed by atoms with E-state index in [2.05, 4.69) is 49.0 Å². The van der Waals surface area contributed by atoms with Gasteiger partial charge in [0.15, 0.2) is 0 Å². The van der Waals surface area contributed by atoms with Gasteiger partial charge in [-0.1, -0.05) is 13.8 Å². The molecule has 2 aromatic heterocycles. The molecule has 3 aromatic rings. The number of fused-ring (bicyclic) bond motifs is 1. The molecule has 0 atom stereocenters. The van der Waals surface area contributed by atoms with Crippen LogP contribution in [0.15, 0.2) is 30.5 Å². The Balaban J connectivity index is 1.94. The molecule has 3 rings (SSSR count). The molecule has 30 heavy (non-hydrogen) atoms. The van der Waals surface area contributed by atoms with E-state index < -0.39 is 0 Å². The van der Waals surface area contributed by atoms with E-state index in [1.807, 2.05) is 10.7 Å². The number of aryl methyl sites for hydroxylation is 2. The van der Waals surface area contributed by atoms with Crippen molar-refractivity contribution in [2.24, 2.45) is 5.73 Å². The molecule has 0 saturated heterocycles. The second-order valence-corrected chi connectivity index (χ2v) is 7.48. The third-order valence-electron chi connectivity index (χ3n) is 5.45. The van der Waals surface area contributed by atoms with Gasteiger partial charge in [-0.15, -0.1) is 0 Å². The molecule has 1 aromatic carbocycles. The van der Waals surface area contributed by atoms with Gasteiger partial charge in [0.2, 0.25) is 5.91 Å². The molecule has 0 bridgehead atoms. The number of ether oxygens (including phenoxy) is 1. The normalized spacial score (nSPS) is 11.4. The van der Waals surface area contributed by atoms with Crippen molar-refractivity contribution in [1.82, 2.24) is 19.7 Å². The van der Waals surface area contributed by atoms with E-state index in [1.54, 1.807) is 13.3 Å². The van der Waals surface area contributed by atoms with Crippen LogP contribution in [0.3, 0.4) is 0 Å². The summed E-state index contributed by atoms with van der Waals surface area (Å²) >= 11 is 0. The number of carbonyl (C=O) groups is 1. The third-order valence-corrected chi connectivity index (χ3v) is 5.45. The summed E-state index contributed by atoms with van der Waals surface area (Å²) < 4.78 is 7.49. The van der Waals surface area contributed by atoms with Gasteiger partial charge in [-0.25, -0.2) is 4.98 Å². The molecule has 160 valence electrons. The summed E-state index contributed by atoms with van der Waals surface area (Å²) in [7, 11) is 1.71. The van der Waals surface area contributed by atoms with Crippen molar-refractivity contribution in [1.29, 1.82) is 0 Å². The fourth-order valence-corrected chi connectivity index (χ4v) is 3.77. The van der Waals surface area contributed by atoms with Crippen LogP contribution < -0.4 is 10.5 Å². The van der Waals surface area contributed by atoms with Crippen molar-refractivity contribution in [3.8, 4) is 17.0 Å². The van der Waals surface area contributed by atoms with Gasteiger partial charge >= 0.3 is 0 Å². The first-order chi connectivity index (χ1) is 14.5. The van der Waals surface area contributed by atoms with Crippen LogP contribution in [0.5, 0.6) is 5.75 Å². The Morgan fingerprint density at radius 3 is 2.67 bits per heavy atom. The van der Waals surface area contributed by atoms with E-state index in [0.29, 0.717) is 19.4 Å². The molecular weight excluding hydrogens is 378 g/mol. The quantitative estimate of drug-likeness (QED) is 0.554. The maximum absolute atomic E-state index is 11.0. The summed E-state index contributed by atoms with van der Waals surface area (Å²) in [5.74, 6) is 0.606. The SMILES string of the molecule is CCN(CC)Cc1cc(-c2cc(C)c3c(cnn3CCCC(N)=O)n2)ccc1OC. The van der Waals surface area contributed by atoms with Crippen LogP contribution in [-0.2, 0) is 17.9 Å². The molecule has 0 aliphatic rings. The topological polar surface area (TPSA) is 86.3 Å². The highest BCUT2D eigenvalue weighted by Gasteiger charge is 2.13. The Morgan fingerprint density at radius 1 is 1.23 bits per heavy atom. The Labute approximate surface area is 177 Å².